The van der Waals surface area contributed by atoms with Gasteiger partial charge in [0, 0.05) is 6.61 Å². The summed E-state index contributed by atoms with van der Waals surface area (Å²) < 4.78 is 33.5. The zero-order valence-electron chi connectivity index (χ0n) is 9.40. The van der Waals surface area contributed by atoms with Crippen molar-refractivity contribution in [2.45, 2.75) is 29.5 Å². The van der Waals surface area contributed by atoms with E-state index in [1.807, 2.05) is 6.92 Å². The normalized spacial score (nSPS) is 26.0. The van der Waals surface area contributed by atoms with Gasteiger partial charge < -0.3 is 4.74 Å². The van der Waals surface area contributed by atoms with Crippen LogP contribution >= 0.6 is 27.3 Å². The Morgan fingerprint density at radius 1 is 1.53 bits per heavy atom. The largest absolute Gasteiger partial charge is 0.380 e. The fourth-order valence-electron chi connectivity index (χ4n) is 1.83. The summed E-state index contributed by atoms with van der Waals surface area (Å²) in [6.07, 6.45) is 1.69. The highest BCUT2D eigenvalue weighted by Crippen LogP contribution is 2.28. The molecule has 1 N–H and O–H groups in total. The van der Waals surface area contributed by atoms with Gasteiger partial charge in [-0.15, -0.1) is 11.3 Å². The lowest BCUT2D eigenvalue weighted by Gasteiger charge is -2.33. The summed E-state index contributed by atoms with van der Waals surface area (Å²) in [4.78, 5) is 0. The van der Waals surface area contributed by atoms with Crippen LogP contribution in [-0.2, 0) is 14.8 Å². The summed E-state index contributed by atoms with van der Waals surface area (Å²) >= 11 is 4.47. The van der Waals surface area contributed by atoms with E-state index >= 15 is 0 Å². The van der Waals surface area contributed by atoms with Crippen molar-refractivity contribution in [3.05, 3.63) is 15.9 Å². The molecule has 0 radical (unpaired) electrons. The first kappa shape index (κ1) is 13.5. The quantitative estimate of drug-likeness (QED) is 0.919. The van der Waals surface area contributed by atoms with Crippen molar-refractivity contribution in [2.24, 2.45) is 0 Å². The molecule has 17 heavy (non-hydrogen) atoms. The SMILES string of the molecule is CC1(NS(=O)(=O)c2ccc(Br)s2)CCCOC1. The Hall–Kier alpha value is 0.0500. The molecule has 96 valence electrons. The predicted octanol–water partition coefficient (Wildman–Crippen LogP) is 2.36. The molecule has 1 saturated heterocycles. The van der Waals surface area contributed by atoms with Gasteiger partial charge in [0.05, 0.1) is 15.9 Å². The Morgan fingerprint density at radius 3 is 2.82 bits per heavy atom. The van der Waals surface area contributed by atoms with Crippen LogP contribution in [0.15, 0.2) is 20.1 Å². The second-order valence-corrected chi connectivity index (χ2v) is 8.75. The minimum atomic E-state index is -3.44. The minimum Gasteiger partial charge on any atom is -0.380 e. The zero-order chi connectivity index (χ0) is 12.5. The molecule has 1 unspecified atom stereocenters. The van der Waals surface area contributed by atoms with Gasteiger partial charge in [-0.25, -0.2) is 13.1 Å². The topological polar surface area (TPSA) is 55.4 Å². The third-order valence-corrected chi connectivity index (χ3v) is 6.39. The monoisotopic (exact) mass is 339 g/mol. The maximum absolute atomic E-state index is 12.1. The van der Waals surface area contributed by atoms with E-state index in [0.29, 0.717) is 17.4 Å². The van der Waals surface area contributed by atoms with Gasteiger partial charge >= 0.3 is 0 Å². The van der Waals surface area contributed by atoms with Crippen LogP contribution in [0.4, 0.5) is 0 Å². The number of hydrogen-bond donors (Lipinski definition) is 1. The minimum absolute atomic E-state index is 0.330. The van der Waals surface area contributed by atoms with Crippen molar-refractivity contribution in [2.75, 3.05) is 13.2 Å². The Kier molecular flexibility index (Phi) is 3.94. The van der Waals surface area contributed by atoms with E-state index in [4.69, 9.17) is 4.74 Å². The standard InChI is InChI=1S/C10H14BrNO3S2/c1-10(5-2-6-15-7-10)12-17(13,14)9-4-3-8(11)16-9/h3-4,12H,2,5-7H2,1H3. The van der Waals surface area contributed by atoms with Crippen molar-refractivity contribution >= 4 is 37.3 Å². The van der Waals surface area contributed by atoms with Crippen LogP contribution in [-0.4, -0.2) is 27.2 Å². The molecule has 1 aromatic rings. The highest BCUT2D eigenvalue weighted by Gasteiger charge is 2.33. The van der Waals surface area contributed by atoms with Gasteiger partial charge in [-0.1, -0.05) is 0 Å². The molecule has 1 fully saturated rings. The summed E-state index contributed by atoms with van der Waals surface area (Å²) in [5.74, 6) is 0. The second kappa shape index (κ2) is 4.97. The van der Waals surface area contributed by atoms with Gasteiger partial charge in [-0.2, -0.15) is 0 Å². The lowest BCUT2D eigenvalue weighted by molar-refractivity contribution is 0.0387. The van der Waals surface area contributed by atoms with Crippen LogP contribution in [0.5, 0.6) is 0 Å². The Balaban J connectivity index is 2.17. The fourth-order valence-corrected chi connectivity index (χ4v) is 5.26. The molecule has 0 amide bonds. The van der Waals surface area contributed by atoms with E-state index in [0.717, 1.165) is 16.6 Å². The molecule has 1 aliphatic rings. The first-order valence-electron chi connectivity index (χ1n) is 5.28. The number of ether oxygens (including phenoxy) is 1. The van der Waals surface area contributed by atoms with E-state index < -0.39 is 15.6 Å². The molecule has 1 aliphatic heterocycles. The van der Waals surface area contributed by atoms with Crippen LogP contribution in [0, 0.1) is 0 Å². The summed E-state index contributed by atoms with van der Waals surface area (Å²) in [5.41, 5.74) is -0.493. The Morgan fingerprint density at radius 2 is 2.29 bits per heavy atom. The fraction of sp³-hybridized carbons (Fsp3) is 0.600. The maximum Gasteiger partial charge on any atom is 0.250 e. The number of sulfonamides is 1. The third kappa shape index (κ3) is 3.29. The summed E-state index contributed by atoms with van der Waals surface area (Å²) in [7, 11) is -3.44. The molecule has 2 heterocycles. The Bertz CT molecular complexity index is 491. The predicted molar refractivity (Wildman–Crippen MR) is 70.8 cm³/mol. The van der Waals surface area contributed by atoms with Crippen LogP contribution in [0.2, 0.25) is 0 Å². The summed E-state index contributed by atoms with van der Waals surface area (Å²) in [6, 6.07) is 3.34. The molecule has 7 heteroatoms. The van der Waals surface area contributed by atoms with E-state index in [-0.39, 0.29) is 0 Å². The molecule has 0 aromatic carbocycles. The number of thiophene rings is 1. The van der Waals surface area contributed by atoms with E-state index in [1.165, 1.54) is 11.3 Å². The first-order valence-corrected chi connectivity index (χ1v) is 8.38. The van der Waals surface area contributed by atoms with Crippen molar-refractivity contribution in [1.29, 1.82) is 0 Å². The highest BCUT2D eigenvalue weighted by molar-refractivity contribution is 9.11. The lowest BCUT2D eigenvalue weighted by atomic mass is 9.97. The van der Waals surface area contributed by atoms with Crippen molar-refractivity contribution in [3.8, 4) is 0 Å². The van der Waals surface area contributed by atoms with E-state index in [9.17, 15) is 8.42 Å². The molecular formula is C10H14BrNO3S2. The third-order valence-electron chi connectivity index (χ3n) is 2.63. The molecule has 0 aliphatic carbocycles. The van der Waals surface area contributed by atoms with Gasteiger partial charge in [0.2, 0.25) is 0 Å². The molecule has 0 spiro atoms. The zero-order valence-corrected chi connectivity index (χ0v) is 12.6. The average molecular weight is 340 g/mol. The van der Waals surface area contributed by atoms with Crippen LogP contribution in [0.25, 0.3) is 0 Å². The van der Waals surface area contributed by atoms with Gasteiger partial charge in [0.15, 0.2) is 0 Å². The molecule has 0 saturated carbocycles. The van der Waals surface area contributed by atoms with Crippen LogP contribution in [0.1, 0.15) is 19.8 Å². The number of nitrogens with one attached hydrogen (secondary N) is 1. The van der Waals surface area contributed by atoms with E-state index in [2.05, 4.69) is 20.7 Å². The van der Waals surface area contributed by atoms with Crippen molar-refractivity contribution in [1.82, 2.24) is 4.72 Å². The van der Waals surface area contributed by atoms with Crippen molar-refractivity contribution < 1.29 is 13.2 Å². The molecular weight excluding hydrogens is 326 g/mol. The maximum atomic E-state index is 12.1. The van der Waals surface area contributed by atoms with E-state index in [1.54, 1.807) is 12.1 Å². The molecule has 1 aromatic heterocycles. The van der Waals surface area contributed by atoms with Crippen LogP contribution < -0.4 is 4.72 Å². The van der Waals surface area contributed by atoms with Crippen LogP contribution in [0.3, 0.4) is 0 Å². The summed E-state index contributed by atoms with van der Waals surface area (Å²) in [6.45, 7) is 3.02. The number of halogens is 1. The van der Waals surface area contributed by atoms with Gasteiger partial charge in [-0.05, 0) is 47.8 Å². The molecule has 1 atom stereocenters. The smallest absolute Gasteiger partial charge is 0.250 e. The number of hydrogen-bond acceptors (Lipinski definition) is 4. The molecule has 0 bridgehead atoms. The highest BCUT2D eigenvalue weighted by atomic mass is 79.9. The van der Waals surface area contributed by atoms with Gasteiger partial charge in [-0.3, -0.25) is 0 Å². The van der Waals surface area contributed by atoms with Gasteiger partial charge in [0.25, 0.3) is 10.0 Å². The summed E-state index contributed by atoms with van der Waals surface area (Å²) in [5, 5.41) is 0. The van der Waals surface area contributed by atoms with Crippen molar-refractivity contribution in [3.63, 3.8) is 0 Å². The first-order chi connectivity index (χ1) is 7.91. The Labute approximate surface area is 114 Å². The van der Waals surface area contributed by atoms with Gasteiger partial charge in [0.1, 0.15) is 4.21 Å². The number of rotatable bonds is 3. The lowest BCUT2D eigenvalue weighted by Crippen LogP contribution is -2.51. The molecule has 2 rings (SSSR count). The molecule has 4 nitrogen and oxygen atoms in total. The average Bonchev–Trinajstić information content (AvgIpc) is 2.65. The second-order valence-electron chi connectivity index (χ2n) is 4.38.